The molecule has 0 aromatic heterocycles. The van der Waals surface area contributed by atoms with Crippen LogP contribution in [0.3, 0.4) is 0 Å². The van der Waals surface area contributed by atoms with Gasteiger partial charge in [-0.15, -0.1) is 0 Å². The van der Waals surface area contributed by atoms with Gasteiger partial charge in [-0.1, -0.05) is 12.1 Å². The van der Waals surface area contributed by atoms with Crippen molar-refractivity contribution < 1.29 is 27.6 Å². The van der Waals surface area contributed by atoms with Crippen LogP contribution in [0.5, 0.6) is 5.75 Å². The number of nitrogens with zero attached hydrogens (tertiary/aromatic N) is 2. The Morgan fingerprint density at radius 3 is 2.48 bits per heavy atom. The molecule has 0 bridgehead atoms. The highest BCUT2D eigenvalue weighted by atomic mass is 32.2. The maximum absolute atomic E-state index is 13.2. The summed E-state index contributed by atoms with van der Waals surface area (Å²) >= 11 is 0. The third kappa shape index (κ3) is 4.34. The number of rotatable bonds is 7. The van der Waals surface area contributed by atoms with Crippen LogP contribution in [0.4, 0.5) is 11.4 Å². The van der Waals surface area contributed by atoms with Crippen LogP contribution in [0.15, 0.2) is 47.4 Å². The molecule has 0 aliphatic carbocycles. The molecule has 0 heterocycles. The zero-order valence-corrected chi connectivity index (χ0v) is 15.7. The lowest BCUT2D eigenvalue weighted by Crippen LogP contribution is -2.36. The van der Waals surface area contributed by atoms with Crippen LogP contribution in [-0.2, 0) is 19.6 Å². The zero-order chi connectivity index (χ0) is 20.2. The van der Waals surface area contributed by atoms with E-state index in [1.807, 2.05) is 0 Å². The molecule has 0 aliphatic rings. The number of aryl methyl sites for hydroxylation is 1. The minimum absolute atomic E-state index is 0.158. The average molecular weight is 394 g/mol. The average Bonchev–Trinajstić information content (AvgIpc) is 2.65. The van der Waals surface area contributed by atoms with Crippen molar-refractivity contribution in [2.24, 2.45) is 0 Å². The first-order chi connectivity index (χ1) is 12.7. The fourth-order valence-electron chi connectivity index (χ4n) is 2.36. The van der Waals surface area contributed by atoms with E-state index < -0.39 is 27.5 Å². The molecule has 0 aliphatic heterocycles. The van der Waals surface area contributed by atoms with Crippen molar-refractivity contribution >= 4 is 27.4 Å². The van der Waals surface area contributed by atoms with Crippen LogP contribution in [-0.4, -0.2) is 40.1 Å². The molecule has 0 unspecified atom stereocenters. The van der Waals surface area contributed by atoms with Crippen LogP contribution < -0.4 is 9.04 Å². The highest BCUT2D eigenvalue weighted by Gasteiger charge is 2.30. The lowest BCUT2D eigenvalue weighted by atomic mass is 10.2. The Balaban J connectivity index is 2.65. The number of benzene rings is 2. The van der Waals surface area contributed by atoms with Crippen LogP contribution in [0, 0.1) is 17.0 Å². The number of anilines is 1. The quantitative estimate of drug-likeness (QED) is 0.402. The third-order valence-electron chi connectivity index (χ3n) is 3.79. The Hall–Kier alpha value is -3.14. The zero-order valence-electron chi connectivity index (χ0n) is 14.9. The molecule has 2 rings (SSSR count). The molecule has 0 radical (unpaired) electrons. The molecule has 2 aromatic rings. The van der Waals surface area contributed by atoms with Gasteiger partial charge in [0.25, 0.3) is 15.7 Å². The van der Waals surface area contributed by atoms with Gasteiger partial charge in [-0.2, -0.15) is 0 Å². The Morgan fingerprint density at radius 1 is 1.19 bits per heavy atom. The van der Waals surface area contributed by atoms with Gasteiger partial charge in [0.05, 0.1) is 29.7 Å². The topological polar surface area (TPSA) is 116 Å². The van der Waals surface area contributed by atoms with Gasteiger partial charge in [-0.25, -0.2) is 8.42 Å². The lowest BCUT2D eigenvalue weighted by molar-refractivity contribution is -0.385. The number of esters is 1. The summed E-state index contributed by atoms with van der Waals surface area (Å²) in [6, 6.07) is 9.62. The molecular weight excluding hydrogens is 376 g/mol. The van der Waals surface area contributed by atoms with Gasteiger partial charge in [0.15, 0.2) is 0 Å². The second-order valence-electron chi connectivity index (χ2n) is 5.50. The van der Waals surface area contributed by atoms with E-state index in [2.05, 4.69) is 4.74 Å². The number of carbonyl (C=O) groups is 1. The van der Waals surface area contributed by atoms with Crippen molar-refractivity contribution in [1.82, 2.24) is 0 Å². The van der Waals surface area contributed by atoms with Crippen molar-refractivity contribution in [3.05, 3.63) is 58.1 Å². The Morgan fingerprint density at radius 2 is 1.89 bits per heavy atom. The largest absolute Gasteiger partial charge is 0.497 e. The van der Waals surface area contributed by atoms with Crippen molar-refractivity contribution in [3.63, 3.8) is 0 Å². The highest BCUT2D eigenvalue weighted by molar-refractivity contribution is 7.93. The van der Waals surface area contributed by atoms with Crippen LogP contribution in [0.25, 0.3) is 0 Å². The molecule has 0 N–H and O–H groups in total. The van der Waals surface area contributed by atoms with Gasteiger partial charge in [-0.05, 0) is 24.6 Å². The number of hydrogen-bond acceptors (Lipinski definition) is 7. The van der Waals surface area contributed by atoms with Gasteiger partial charge in [0.1, 0.15) is 12.3 Å². The molecule has 10 heteroatoms. The number of nitro groups is 1. The minimum Gasteiger partial charge on any atom is -0.497 e. The van der Waals surface area contributed by atoms with Gasteiger partial charge in [-0.3, -0.25) is 19.2 Å². The van der Waals surface area contributed by atoms with E-state index in [9.17, 15) is 23.3 Å². The van der Waals surface area contributed by atoms with E-state index in [0.29, 0.717) is 11.3 Å². The number of ether oxygens (including phenoxy) is 2. The molecule has 27 heavy (non-hydrogen) atoms. The number of carbonyl (C=O) groups excluding carboxylic acids is 1. The third-order valence-corrected chi connectivity index (χ3v) is 5.71. The van der Waals surface area contributed by atoms with E-state index >= 15 is 0 Å². The van der Waals surface area contributed by atoms with Gasteiger partial charge < -0.3 is 9.47 Å². The molecule has 0 saturated carbocycles. The van der Waals surface area contributed by atoms with Crippen LogP contribution in [0.1, 0.15) is 5.56 Å². The van der Waals surface area contributed by atoms with Gasteiger partial charge >= 0.3 is 5.97 Å². The van der Waals surface area contributed by atoms with Crippen LogP contribution in [0.2, 0.25) is 0 Å². The van der Waals surface area contributed by atoms with Gasteiger partial charge in [0, 0.05) is 18.2 Å². The van der Waals surface area contributed by atoms with Crippen LogP contribution >= 0.6 is 0 Å². The summed E-state index contributed by atoms with van der Waals surface area (Å²) in [7, 11) is -1.74. The Kier molecular flexibility index (Phi) is 6.01. The summed E-state index contributed by atoms with van der Waals surface area (Å²) in [5.74, 6) is -0.405. The summed E-state index contributed by atoms with van der Waals surface area (Å²) in [6.45, 7) is 0.909. The Bertz CT molecular complexity index is 973. The number of methoxy groups -OCH3 is 2. The van der Waals surface area contributed by atoms with E-state index in [4.69, 9.17) is 4.74 Å². The SMILES string of the molecule is COC(=O)CN(c1cccc(OC)c1)S(=O)(=O)c1cc([N+](=O)[O-])ccc1C. The van der Waals surface area contributed by atoms with Crippen molar-refractivity contribution in [1.29, 1.82) is 0 Å². The summed E-state index contributed by atoms with van der Waals surface area (Å²) in [5, 5.41) is 11.0. The first-order valence-corrected chi connectivity index (χ1v) is 9.13. The fourth-order valence-corrected chi connectivity index (χ4v) is 4.01. The monoisotopic (exact) mass is 394 g/mol. The normalized spacial score (nSPS) is 10.9. The second kappa shape index (κ2) is 8.04. The molecule has 9 nitrogen and oxygen atoms in total. The number of sulfonamides is 1. The molecule has 0 fully saturated rings. The van der Waals surface area contributed by atoms with E-state index in [1.165, 1.54) is 38.3 Å². The van der Waals surface area contributed by atoms with Crippen molar-refractivity contribution in [2.45, 2.75) is 11.8 Å². The maximum Gasteiger partial charge on any atom is 0.326 e. The molecule has 0 atom stereocenters. The molecule has 0 saturated heterocycles. The summed E-state index contributed by atoms with van der Waals surface area (Å²) in [4.78, 5) is 21.9. The number of nitro benzene ring substituents is 1. The predicted molar refractivity (Wildman–Crippen MR) is 97.4 cm³/mol. The standard InChI is InChI=1S/C17H18N2O7S/c1-12-7-8-14(19(21)22)10-16(12)27(23,24)18(11-17(20)26-3)13-5-4-6-15(9-13)25-2/h4-10H,11H2,1-3H3. The molecule has 0 amide bonds. The summed E-state index contributed by atoms with van der Waals surface area (Å²) < 4.78 is 37.0. The van der Waals surface area contributed by atoms with E-state index in [-0.39, 0.29) is 16.3 Å². The first-order valence-electron chi connectivity index (χ1n) is 7.69. The fraction of sp³-hybridized carbons (Fsp3) is 0.235. The number of hydrogen-bond donors (Lipinski definition) is 0. The minimum atomic E-state index is -4.30. The van der Waals surface area contributed by atoms with E-state index in [0.717, 1.165) is 17.5 Å². The second-order valence-corrected chi connectivity index (χ2v) is 7.33. The molecule has 2 aromatic carbocycles. The molecule has 0 spiro atoms. The predicted octanol–water partition coefficient (Wildman–Crippen LogP) is 2.28. The van der Waals surface area contributed by atoms with Gasteiger partial charge in [0.2, 0.25) is 0 Å². The first kappa shape index (κ1) is 20.2. The summed E-state index contributed by atoms with van der Waals surface area (Å²) in [6.07, 6.45) is 0. The smallest absolute Gasteiger partial charge is 0.326 e. The highest BCUT2D eigenvalue weighted by Crippen LogP contribution is 2.30. The molecule has 144 valence electrons. The van der Waals surface area contributed by atoms with Crippen molar-refractivity contribution in [2.75, 3.05) is 25.1 Å². The lowest BCUT2D eigenvalue weighted by Gasteiger charge is -2.24. The Labute approximate surface area is 156 Å². The number of non-ortho nitro benzene ring substituents is 1. The molecular formula is C17H18N2O7S. The summed E-state index contributed by atoms with van der Waals surface area (Å²) in [5.41, 5.74) is 0.0897. The van der Waals surface area contributed by atoms with E-state index in [1.54, 1.807) is 12.1 Å². The maximum atomic E-state index is 13.2. The van der Waals surface area contributed by atoms with Crippen molar-refractivity contribution in [3.8, 4) is 5.75 Å².